The van der Waals surface area contributed by atoms with Gasteiger partial charge in [0.25, 0.3) is 0 Å². The Balaban J connectivity index is 0.000000640. The van der Waals surface area contributed by atoms with E-state index in [0.29, 0.717) is 12.2 Å². The summed E-state index contributed by atoms with van der Waals surface area (Å²) >= 11 is 3.24. The van der Waals surface area contributed by atoms with Crippen molar-refractivity contribution >= 4 is 34.1 Å². The van der Waals surface area contributed by atoms with Gasteiger partial charge in [0, 0.05) is 19.5 Å². The number of rotatable bonds is 0. The lowest BCUT2D eigenvalue weighted by Crippen LogP contribution is -2.37. The highest BCUT2D eigenvalue weighted by molar-refractivity contribution is 9.10. The molecule has 0 bridgehead atoms. The molecule has 1 heterocycles. The molecular formula is C5H9BrClNO. The van der Waals surface area contributed by atoms with Crippen LogP contribution in [-0.2, 0) is 4.79 Å². The first-order valence-electron chi connectivity index (χ1n) is 2.68. The van der Waals surface area contributed by atoms with Gasteiger partial charge in [-0.15, -0.1) is 12.4 Å². The van der Waals surface area contributed by atoms with Gasteiger partial charge < -0.3 is 5.32 Å². The molecule has 9 heavy (non-hydrogen) atoms. The molecule has 1 fully saturated rings. The van der Waals surface area contributed by atoms with Crippen molar-refractivity contribution in [3.05, 3.63) is 0 Å². The molecule has 1 aliphatic rings. The Bertz CT molecular complexity index is 109. The van der Waals surface area contributed by atoms with Gasteiger partial charge in [-0.1, -0.05) is 15.9 Å². The maximum absolute atomic E-state index is 10.7. The fraction of sp³-hybridized carbons (Fsp3) is 0.800. The van der Waals surface area contributed by atoms with E-state index in [0.717, 1.165) is 13.1 Å². The molecular weight excluding hydrogens is 205 g/mol. The second kappa shape index (κ2) is 4.25. The summed E-state index contributed by atoms with van der Waals surface area (Å²) in [5, 5.41) is 3.10. The van der Waals surface area contributed by atoms with Crippen molar-refractivity contribution in [3.63, 3.8) is 0 Å². The summed E-state index contributed by atoms with van der Waals surface area (Å²) in [4.78, 5) is 10.8. The monoisotopic (exact) mass is 213 g/mol. The van der Waals surface area contributed by atoms with Crippen molar-refractivity contribution in [3.8, 4) is 0 Å². The summed E-state index contributed by atoms with van der Waals surface area (Å²) in [5.74, 6) is 0.323. The van der Waals surface area contributed by atoms with Crippen LogP contribution in [0.1, 0.15) is 6.42 Å². The lowest BCUT2D eigenvalue weighted by atomic mass is 10.1. The number of piperidine rings is 1. The third-order valence-corrected chi connectivity index (χ3v) is 2.06. The fourth-order valence-corrected chi connectivity index (χ4v) is 1.17. The fourth-order valence-electron chi connectivity index (χ4n) is 0.711. The van der Waals surface area contributed by atoms with E-state index in [1.807, 2.05) is 0 Å². The zero-order valence-corrected chi connectivity index (χ0v) is 7.30. The van der Waals surface area contributed by atoms with Crippen LogP contribution in [0.25, 0.3) is 0 Å². The van der Waals surface area contributed by atoms with Crippen molar-refractivity contribution in [2.75, 3.05) is 13.1 Å². The molecule has 1 saturated heterocycles. The third-order valence-electron chi connectivity index (χ3n) is 1.22. The third kappa shape index (κ3) is 2.65. The first-order chi connectivity index (χ1) is 3.80. The number of nitrogens with one attached hydrogen (secondary N) is 1. The molecule has 1 unspecified atom stereocenters. The average Bonchev–Trinajstić information content (AvgIpc) is 1.77. The molecule has 0 radical (unpaired) electrons. The first kappa shape index (κ1) is 9.40. The molecule has 0 aromatic carbocycles. The topological polar surface area (TPSA) is 29.1 Å². The number of alkyl halides is 1. The Morgan fingerprint density at radius 3 is 2.67 bits per heavy atom. The Labute approximate surface area is 68.9 Å². The second-order valence-electron chi connectivity index (χ2n) is 1.89. The van der Waals surface area contributed by atoms with Crippen molar-refractivity contribution in [1.82, 2.24) is 5.32 Å². The lowest BCUT2D eigenvalue weighted by molar-refractivity contribution is -0.119. The number of carbonyl (C=O) groups excluding carboxylic acids is 1. The summed E-state index contributed by atoms with van der Waals surface area (Å²) in [6.07, 6.45) is 0.677. The number of Topliss-reactive ketones (excluding diaryl/α,β-unsaturated/α-hetero) is 1. The number of ketones is 1. The Hall–Kier alpha value is 0.400. The van der Waals surface area contributed by atoms with Crippen molar-refractivity contribution in [2.24, 2.45) is 0 Å². The van der Waals surface area contributed by atoms with Gasteiger partial charge >= 0.3 is 0 Å². The Morgan fingerprint density at radius 1 is 1.67 bits per heavy atom. The molecule has 4 heteroatoms. The van der Waals surface area contributed by atoms with Crippen LogP contribution in [0.5, 0.6) is 0 Å². The zero-order valence-electron chi connectivity index (χ0n) is 4.89. The van der Waals surface area contributed by atoms with Crippen LogP contribution in [0.3, 0.4) is 0 Å². The van der Waals surface area contributed by atoms with Gasteiger partial charge in [-0.25, -0.2) is 0 Å². The summed E-state index contributed by atoms with van der Waals surface area (Å²) in [6.45, 7) is 1.64. The van der Waals surface area contributed by atoms with Gasteiger partial charge in [-0.05, 0) is 0 Å². The van der Waals surface area contributed by atoms with Gasteiger partial charge in [0.1, 0.15) is 5.78 Å². The van der Waals surface area contributed by atoms with Crippen LogP contribution in [0, 0.1) is 0 Å². The number of halogens is 2. The van der Waals surface area contributed by atoms with E-state index in [4.69, 9.17) is 0 Å². The molecule has 0 saturated carbocycles. The minimum absolute atomic E-state index is 0. The van der Waals surface area contributed by atoms with Gasteiger partial charge in [0.05, 0.1) is 4.83 Å². The van der Waals surface area contributed by atoms with Gasteiger partial charge in [0.2, 0.25) is 0 Å². The van der Waals surface area contributed by atoms with E-state index >= 15 is 0 Å². The van der Waals surface area contributed by atoms with E-state index < -0.39 is 0 Å². The van der Waals surface area contributed by atoms with Crippen LogP contribution < -0.4 is 5.32 Å². The highest BCUT2D eigenvalue weighted by Gasteiger charge is 2.17. The molecule has 0 aromatic rings. The summed E-state index contributed by atoms with van der Waals surface area (Å²) in [7, 11) is 0. The average molecular weight is 214 g/mol. The molecule has 1 aliphatic heterocycles. The van der Waals surface area contributed by atoms with Gasteiger partial charge in [0.15, 0.2) is 0 Å². The van der Waals surface area contributed by atoms with E-state index in [1.165, 1.54) is 0 Å². The van der Waals surface area contributed by atoms with Gasteiger partial charge in [-0.3, -0.25) is 4.79 Å². The summed E-state index contributed by atoms with van der Waals surface area (Å²) in [5.41, 5.74) is 0. The van der Waals surface area contributed by atoms with Crippen LogP contribution in [0.4, 0.5) is 0 Å². The first-order valence-corrected chi connectivity index (χ1v) is 3.60. The highest BCUT2D eigenvalue weighted by atomic mass is 79.9. The van der Waals surface area contributed by atoms with E-state index in [9.17, 15) is 4.79 Å². The smallest absolute Gasteiger partial charge is 0.149 e. The Kier molecular flexibility index (Phi) is 4.44. The minimum atomic E-state index is 0. The molecule has 0 aromatic heterocycles. The number of hydrogen-bond acceptors (Lipinski definition) is 2. The normalized spacial score (nSPS) is 27.2. The largest absolute Gasteiger partial charge is 0.315 e. The molecule has 0 spiro atoms. The van der Waals surface area contributed by atoms with E-state index in [1.54, 1.807) is 0 Å². The van der Waals surface area contributed by atoms with Crippen molar-refractivity contribution in [1.29, 1.82) is 0 Å². The molecule has 1 atom stereocenters. The SMILES string of the molecule is Cl.O=C1CCNCC1Br. The number of hydrogen-bond donors (Lipinski definition) is 1. The summed E-state index contributed by atoms with van der Waals surface area (Å²) < 4.78 is 0. The zero-order chi connectivity index (χ0) is 5.98. The highest BCUT2D eigenvalue weighted by Crippen LogP contribution is 2.05. The maximum atomic E-state index is 10.7. The molecule has 1 N–H and O–H groups in total. The maximum Gasteiger partial charge on any atom is 0.149 e. The van der Waals surface area contributed by atoms with Crippen LogP contribution in [0.2, 0.25) is 0 Å². The van der Waals surface area contributed by atoms with Crippen molar-refractivity contribution in [2.45, 2.75) is 11.2 Å². The predicted molar refractivity (Wildman–Crippen MR) is 42.5 cm³/mol. The summed E-state index contributed by atoms with van der Waals surface area (Å²) in [6, 6.07) is 0. The standard InChI is InChI=1S/C5H8BrNO.ClH/c6-4-3-7-2-1-5(4)8;/h4,7H,1-3H2;1H. The molecule has 54 valence electrons. The quantitative estimate of drug-likeness (QED) is 0.603. The molecule has 2 nitrogen and oxygen atoms in total. The molecule has 0 amide bonds. The van der Waals surface area contributed by atoms with Gasteiger partial charge in [-0.2, -0.15) is 0 Å². The second-order valence-corrected chi connectivity index (χ2v) is 2.99. The van der Waals surface area contributed by atoms with Crippen LogP contribution in [-0.4, -0.2) is 23.7 Å². The van der Waals surface area contributed by atoms with Crippen LogP contribution >= 0.6 is 28.3 Å². The number of carbonyl (C=O) groups is 1. The Morgan fingerprint density at radius 2 is 2.33 bits per heavy atom. The predicted octanol–water partition coefficient (Wildman–Crippen LogP) is 0.734. The van der Waals surface area contributed by atoms with Crippen LogP contribution in [0.15, 0.2) is 0 Å². The molecule has 0 aliphatic carbocycles. The lowest BCUT2D eigenvalue weighted by Gasteiger charge is -2.15. The van der Waals surface area contributed by atoms with E-state index in [-0.39, 0.29) is 17.2 Å². The molecule has 1 rings (SSSR count). The van der Waals surface area contributed by atoms with E-state index in [2.05, 4.69) is 21.2 Å². The van der Waals surface area contributed by atoms with Crippen molar-refractivity contribution < 1.29 is 4.79 Å². The minimum Gasteiger partial charge on any atom is -0.315 e.